The summed E-state index contributed by atoms with van der Waals surface area (Å²) in [7, 11) is 0. The Morgan fingerprint density at radius 2 is 1.83 bits per heavy atom. The van der Waals surface area contributed by atoms with Crippen LogP contribution < -0.4 is 0 Å². The van der Waals surface area contributed by atoms with Crippen LogP contribution in [0.5, 0.6) is 0 Å². The average molecular weight is 262 g/mol. The molecule has 0 heterocycles. The summed E-state index contributed by atoms with van der Waals surface area (Å²) in [6.45, 7) is 9.46. The van der Waals surface area contributed by atoms with Crippen molar-refractivity contribution in [3.8, 4) is 0 Å². The van der Waals surface area contributed by atoms with Crippen LogP contribution in [0.25, 0.3) is 0 Å². The highest BCUT2D eigenvalue weighted by Gasteiger charge is 2.27. The molecule has 5 nitrogen and oxygen atoms in total. The second kappa shape index (κ2) is 7.71. The van der Waals surface area contributed by atoms with Gasteiger partial charge in [0.25, 0.3) is 0 Å². The average Bonchev–Trinajstić information content (AvgIpc) is 2.21. The maximum Gasteiger partial charge on any atom is 0.336 e. The molecule has 108 valence electrons. The lowest BCUT2D eigenvalue weighted by molar-refractivity contribution is -0.375. The van der Waals surface area contributed by atoms with E-state index < -0.39 is 23.8 Å². The van der Waals surface area contributed by atoms with Crippen molar-refractivity contribution in [2.24, 2.45) is 5.92 Å². The lowest BCUT2D eigenvalue weighted by atomic mass is 9.97. The van der Waals surface area contributed by atoms with Crippen molar-refractivity contribution in [3.05, 3.63) is 0 Å². The maximum absolute atomic E-state index is 10.9. The Morgan fingerprint density at radius 1 is 1.28 bits per heavy atom. The quantitative estimate of drug-likeness (QED) is 0.493. The van der Waals surface area contributed by atoms with E-state index in [9.17, 15) is 9.90 Å². The first-order chi connectivity index (χ1) is 8.14. The molecule has 5 heteroatoms. The van der Waals surface area contributed by atoms with Gasteiger partial charge in [-0.1, -0.05) is 13.8 Å². The topological polar surface area (TPSA) is 76.0 Å². The minimum absolute atomic E-state index is 0.00952. The predicted molar refractivity (Wildman–Crippen MR) is 68.0 cm³/mol. The highest BCUT2D eigenvalue weighted by molar-refractivity contribution is 5.72. The van der Waals surface area contributed by atoms with E-state index >= 15 is 0 Å². The highest BCUT2D eigenvalue weighted by Crippen LogP contribution is 2.21. The molecule has 0 saturated heterocycles. The van der Waals surface area contributed by atoms with Gasteiger partial charge in [0.2, 0.25) is 0 Å². The summed E-state index contributed by atoms with van der Waals surface area (Å²) < 4.78 is 0. The molecule has 0 spiro atoms. The zero-order valence-electron chi connectivity index (χ0n) is 12.0. The first-order valence-electron chi connectivity index (χ1n) is 6.39. The summed E-state index contributed by atoms with van der Waals surface area (Å²) in [4.78, 5) is 21.1. The molecule has 0 aromatic heterocycles. The van der Waals surface area contributed by atoms with E-state index in [0.29, 0.717) is 5.92 Å². The van der Waals surface area contributed by atoms with E-state index in [1.165, 1.54) is 6.92 Å². The van der Waals surface area contributed by atoms with Crippen molar-refractivity contribution in [1.29, 1.82) is 0 Å². The van der Waals surface area contributed by atoms with Crippen LogP contribution in [-0.4, -0.2) is 34.0 Å². The molecule has 0 saturated carbocycles. The Bertz CT molecular complexity index is 248. The molecule has 0 bridgehead atoms. The normalized spacial score (nSPS) is 15.7. The second-order valence-electron chi connectivity index (χ2n) is 5.78. The van der Waals surface area contributed by atoms with Crippen LogP contribution in [0.15, 0.2) is 0 Å². The Labute approximate surface area is 109 Å². The van der Waals surface area contributed by atoms with Gasteiger partial charge in [0, 0.05) is 6.42 Å². The fraction of sp³-hybridized carbons (Fsp3) is 0.923. The van der Waals surface area contributed by atoms with Crippen molar-refractivity contribution >= 4 is 5.97 Å². The highest BCUT2D eigenvalue weighted by atomic mass is 17.2. The fourth-order valence-corrected chi connectivity index (χ4v) is 1.36. The number of carbonyl (C=O) groups is 1. The zero-order chi connectivity index (χ0) is 14.3. The number of carboxylic acid groups (broad SMARTS) is 1. The molecule has 0 aliphatic carbocycles. The molecule has 0 aromatic rings. The first kappa shape index (κ1) is 17.4. The van der Waals surface area contributed by atoms with Gasteiger partial charge in [-0.25, -0.2) is 14.6 Å². The molecule has 0 radical (unpaired) electrons. The fourth-order valence-electron chi connectivity index (χ4n) is 1.36. The number of rotatable bonds is 9. The third-order valence-electron chi connectivity index (χ3n) is 2.54. The van der Waals surface area contributed by atoms with Crippen LogP contribution in [0.2, 0.25) is 0 Å². The molecule has 2 unspecified atom stereocenters. The molecule has 18 heavy (non-hydrogen) atoms. The molecule has 0 rings (SSSR count). The Hall–Kier alpha value is -0.650. The van der Waals surface area contributed by atoms with Crippen molar-refractivity contribution in [2.45, 2.75) is 71.7 Å². The molecule has 0 amide bonds. The minimum Gasteiger partial charge on any atom is -0.479 e. The zero-order valence-corrected chi connectivity index (χ0v) is 12.0. The summed E-state index contributed by atoms with van der Waals surface area (Å²) in [6.07, 6.45) is -0.108. The molecule has 2 N–H and O–H groups in total. The van der Waals surface area contributed by atoms with Gasteiger partial charge < -0.3 is 10.2 Å². The van der Waals surface area contributed by atoms with Crippen molar-refractivity contribution in [2.75, 3.05) is 0 Å². The number of hydrogen-bond acceptors (Lipinski definition) is 4. The number of hydrogen-bond donors (Lipinski definition) is 2. The van der Waals surface area contributed by atoms with Gasteiger partial charge in [-0.3, -0.25) is 0 Å². The minimum atomic E-state index is -1.14. The molecular weight excluding hydrogens is 236 g/mol. The van der Waals surface area contributed by atoms with E-state index in [1.54, 1.807) is 0 Å². The number of carboxylic acids is 1. The van der Waals surface area contributed by atoms with Gasteiger partial charge in [-0.2, -0.15) is 0 Å². The van der Waals surface area contributed by atoms with Crippen molar-refractivity contribution in [1.82, 2.24) is 0 Å². The lowest BCUT2D eigenvalue weighted by Crippen LogP contribution is -2.33. The predicted octanol–water partition coefficient (Wildman–Crippen LogP) is 2.37. The largest absolute Gasteiger partial charge is 0.479 e. The van der Waals surface area contributed by atoms with Gasteiger partial charge in [0.05, 0.1) is 11.7 Å². The second-order valence-corrected chi connectivity index (χ2v) is 5.78. The molecule has 0 fully saturated rings. The molecule has 2 atom stereocenters. The van der Waals surface area contributed by atoms with Crippen LogP contribution in [0.3, 0.4) is 0 Å². The van der Waals surface area contributed by atoms with Crippen LogP contribution in [0.4, 0.5) is 0 Å². The standard InChI is InChI=1S/C13H26O5/c1-9(2)6-7-13(4,5)18-17-11(12(15)16)8-10(3)14/h9-11,14H,6-8H2,1-5H3,(H,15,16). The van der Waals surface area contributed by atoms with E-state index in [1.807, 2.05) is 13.8 Å². The van der Waals surface area contributed by atoms with Gasteiger partial charge in [-0.05, 0) is 39.5 Å². The number of aliphatic hydroxyl groups excluding tert-OH is 1. The molecule has 0 aliphatic heterocycles. The van der Waals surface area contributed by atoms with Gasteiger partial charge >= 0.3 is 5.97 Å². The van der Waals surface area contributed by atoms with Crippen molar-refractivity contribution < 1.29 is 24.8 Å². The van der Waals surface area contributed by atoms with E-state index in [2.05, 4.69) is 13.8 Å². The summed E-state index contributed by atoms with van der Waals surface area (Å²) in [5.41, 5.74) is -0.531. The van der Waals surface area contributed by atoms with E-state index in [0.717, 1.165) is 12.8 Å². The van der Waals surface area contributed by atoms with Crippen LogP contribution >= 0.6 is 0 Å². The Morgan fingerprint density at radius 3 is 2.22 bits per heavy atom. The van der Waals surface area contributed by atoms with E-state index in [4.69, 9.17) is 14.9 Å². The monoisotopic (exact) mass is 262 g/mol. The summed E-state index contributed by atoms with van der Waals surface area (Å²) in [6, 6.07) is 0. The third-order valence-corrected chi connectivity index (χ3v) is 2.54. The summed E-state index contributed by atoms with van der Waals surface area (Å²) in [5.74, 6) is -0.573. The maximum atomic E-state index is 10.9. The Kier molecular flexibility index (Phi) is 7.43. The van der Waals surface area contributed by atoms with Crippen molar-refractivity contribution in [3.63, 3.8) is 0 Å². The Balaban J connectivity index is 4.19. The SMILES string of the molecule is CC(C)CCC(C)(C)OOC(CC(C)O)C(=O)O. The number of aliphatic hydroxyl groups is 1. The van der Waals surface area contributed by atoms with Crippen LogP contribution in [-0.2, 0) is 14.6 Å². The van der Waals surface area contributed by atoms with Gasteiger partial charge in [0.1, 0.15) is 0 Å². The van der Waals surface area contributed by atoms with Gasteiger partial charge in [0.15, 0.2) is 6.10 Å². The summed E-state index contributed by atoms with van der Waals surface area (Å²) >= 11 is 0. The van der Waals surface area contributed by atoms with Crippen LogP contribution in [0.1, 0.15) is 53.9 Å². The van der Waals surface area contributed by atoms with Gasteiger partial charge in [-0.15, -0.1) is 0 Å². The number of aliphatic carboxylic acids is 1. The molecular formula is C13H26O5. The third kappa shape index (κ3) is 8.44. The molecule has 0 aromatic carbocycles. The lowest BCUT2D eigenvalue weighted by Gasteiger charge is -2.26. The first-order valence-corrected chi connectivity index (χ1v) is 6.39. The van der Waals surface area contributed by atoms with E-state index in [-0.39, 0.29) is 6.42 Å². The summed E-state index contributed by atoms with van der Waals surface area (Å²) in [5, 5.41) is 18.1. The molecule has 0 aliphatic rings. The smallest absolute Gasteiger partial charge is 0.336 e. The van der Waals surface area contributed by atoms with Crippen LogP contribution in [0, 0.1) is 5.92 Å².